The van der Waals surface area contributed by atoms with Gasteiger partial charge >= 0.3 is 0 Å². The summed E-state index contributed by atoms with van der Waals surface area (Å²) >= 11 is 7.13. The van der Waals surface area contributed by atoms with Crippen LogP contribution < -0.4 is 31.1 Å². The highest BCUT2D eigenvalue weighted by atomic mass is 127. The first-order valence-corrected chi connectivity index (χ1v) is 22.1. The second-order valence-electron chi connectivity index (χ2n) is 13.2. The van der Waals surface area contributed by atoms with Crippen LogP contribution in [0.3, 0.4) is 0 Å². The number of nitrogens with one attached hydrogen (secondary N) is 4. The zero-order valence-electron chi connectivity index (χ0n) is 32.1. The van der Waals surface area contributed by atoms with Gasteiger partial charge in [-0.2, -0.15) is 0 Å². The molecular formula is C35H48I4N6O15. The van der Waals surface area contributed by atoms with Crippen LogP contribution in [0.4, 0.5) is 11.4 Å². The Hall–Kier alpha value is -1.73. The van der Waals surface area contributed by atoms with Gasteiger partial charge in [-0.15, -0.1) is 0 Å². The summed E-state index contributed by atoms with van der Waals surface area (Å²) in [5.74, 6) is -2.36. The van der Waals surface area contributed by atoms with E-state index in [0.717, 1.165) is 9.80 Å². The van der Waals surface area contributed by atoms with Gasteiger partial charge in [-0.3, -0.25) is 29.3 Å². The molecule has 0 saturated carbocycles. The first kappa shape index (κ1) is 54.4. The van der Waals surface area contributed by atoms with Crippen LogP contribution in [-0.4, -0.2) is 178 Å². The van der Waals surface area contributed by atoms with Gasteiger partial charge in [0.05, 0.1) is 105 Å². The zero-order valence-corrected chi connectivity index (χ0v) is 40.7. The Labute approximate surface area is 398 Å². The average molecular weight is 1300 g/mol. The van der Waals surface area contributed by atoms with Crippen molar-refractivity contribution in [2.45, 2.75) is 50.6 Å². The molecule has 2 rings (SSSR count). The summed E-state index contributed by atoms with van der Waals surface area (Å²) < 4.78 is 0.602. The maximum atomic E-state index is 13.6. The molecule has 60 heavy (non-hydrogen) atoms. The number of aliphatic hydroxyl groups is 10. The molecule has 21 nitrogen and oxygen atoms in total. The number of benzene rings is 2. The topological polar surface area (TPSA) is 342 Å². The molecule has 2 aromatic rings. The molecular weight excluding hydrogens is 1250 g/mol. The van der Waals surface area contributed by atoms with Gasteiger partial charge in [0, 0.05) is 38.9 Å². The third kappa shape index (κ3) is 14.1. The van der Waals surface area contributed by atoms with Crippen LogP contribution >= 0.6 is 90.4 Å². The minimum Gasteiger partial charge on any atom is -0.394 e. The molecule has 6 unspecified atom stereocenters. The maximum absolute atomic E-state index is 13.6. The Morgan fingerprint density at radius 3 is 1.27 bits per heavy atom. The number of anilines is 2. The molecule has 0 aromatic heterocycles. The van der Waals surface area contributed by atoms with Gasteiger partial charge in [-0.1, -0.05) is 0 Å². The van der Waals surface area contributed by atoms with Gasteiger partial charge in [0.15, 0.2) is 0 Å². The molecule has 336 valence electrons. The van der Waals surface area contributed by atoms with E-state index >= 15 is 0 Å². The van der Waals surface area contributed by atoms with E-state index in [1.54, 1.807) is 90.4 Å². The van der Waals surface area contributed by atoms with Crippen LogP contribution in [0.5, 0.6) is 0 Å². The van der Waals surface area contributed by atoms with Crippen molar-refractivity contribution in [1.82, 2.24) is 21.3 Å². The Morgan fingerprint density at radius 1 is 0.533 bits per heavy atom. The number of carbonyl (C=O) groups is 5. The van der Waals surface area contributed by atoms with Gasteiger partial charge in [0.2, 0.25) is 12.8 Å². The van der Waals surface area contributed by atoms with E-state index in [1.807, 2.05) is 0 Å². The monoisotopic (exact) mass is 1300 g/mol. The minimum atomic E-state index is -1.58. The van der Waals surface area contributed by atoms with E-state index in [0.29, 0.717) is 12.8 Å². The van der Waals surface area contributed by atoms with Crippen molar-refractivity contribution < 1.29 is 75.0 Å². The normalized spacial score (nSPS) is 14.3. The highest BCUT2D eigenvalue weighted by Crippen LogP contribution is 2.39. The smallest absolute Gasteiger partial charge is 0.253 e. The molecule has 0 aliphatic heterocycles. The Bertz CT molecular complexity index is 1790. The molecule has 14 N–H and O–H groups in total. The summed E-state index contributed by atoms with van der Waals surface area (Å²) in [6.07, 6.45) is -7.70. The summed E-state index contributed by atoms with van der Waals surface area (Å²) in [5, 5.41) is 109. The number of halogens is 4. The van der Waals surface area contributed by atoms with Crippen LogP contribution in [0.25, 0.3) is 0 Å². The molecule has 25 heteroatoms. The summed E-state index contributed by atoms with van der Waals surface area (Å²) in [7, 11) is 0. The number of rotatable bonds is 25. The number of hydrogen-bond acceptors (Lipinski definition) is 16. The second kappa shape index (κ2) is 26.2. The van der Waals surface area contributed by atoms with Crippen molar-refractivity contribution >= 4 is 132 Å². The lowest BCUT2D eigenvalue weighted by molar-refractivity contribution is -0.108. The molecule has 0 spiro atoms. The molecule has 0 fully saturated rings. The first-order valence-electron chi connectivity index (χ1n) is 17.8. The van der Waals surface area contributed by atoms with Gasteiger partial charge < -0.3 is 76.8 Å². The lowest BCUT2D eigenvalue weighted by atomic mass is 9.99. The van der Waals surface area contributed by atoms with Crippen molar-refractivity contribution in [3.63, 3.8) is 0 Å². The largest absolute Gasteiger partial charge is 0.394 e. The van der Waals surface area contributed by atoms with Crippen molar-refractivity contribution in [1.29, 1.82) is 0 Å². The predicted molar refractivity (Wildman–Crippen MR) is 248 cm³/mol. The van der Waals surface area contributed by atoms with Gasteiger partial charge in [-0.05, 0) is 115 Å². The fraction of sp³-hybridized carbons (Fsp3) is 0.514. The average Bonchev–Trinajstić information content (AvgIpc) is 3.21. The summed E-state index contributed by atoms with van der Waals surface area (Å²) in [6, 6.07) is 0. The highest BCUT2D eigenvalue weighted by molar-refractivity contribution is 14.1. The van der Waals surface area contributed by atoms with E-state index < -0.39 is 94.0 Å². The lowest BCUT2D eigenvalue weighted by Crippen LogP contribution is -2.42. The number of carbonyl (C=O) groups excluding carboxylic acids is 5. The molecule has 0 bridgehead atoms. The van der Waals surface area contributed by atoms with Crippen LogP contribution in [0, 0.1) is 28.1 Å². The molecule has 0 radical (unpaired) electrons. The predicted octanol–water partition coefficient (Wildman–Crippen LogP) is -3.11. The summed E-state index contributed by atoms with van der Waals surface area (Å²) in [6.45, 7) is -2.11. The molecule has 5 amide bonds. The highest BCUT2D eigenvalue weighted by Gasteiger charge is 2.33. The van der Waals surface area contributed by atoms with Crippen molar-refractivity contribution in [2.75, 3.05) is 75.5 Å². The fourth-order valence-corrected chi connectivity index (χ4v) is 11.5. The maximum Gasteiger partial charge on any atom is 0.253 e. The first-order chi connectivity index (χ1) is 28.3. The van der Waals surface area contributed by atoms with Crippen LogP contribution in [0.2, 0.25) is 0 Å². The third-order valence-electron chi connectivity index (χ3n) is 8.72. The van der Waals surface area contributed by atoms with E-state index in [4.69, 9.17) is 0 Å². The molecule has 2 aromatic carbocycles. The number of amides is 5. The van der Waals surface area contributed by atoms with E-state index in [2.05, 4.69) is 21.3 Å². The van der Waals surface area contributed by atoms with Gasteiger partial charge in [-0.25, -0.2) is 0 Å². The Balaban J connectivity index is 2.74. The molecule has 0 aliphatic carbocycles. The quantitative estimate of drug-likeness (QED) is 0.0266. The SMILES string of the molecule is Cc1c(C(=O)NCC(O)CO)c(I)c(C(=O)NCC(O)CO)c(I)c1N(C=O)CC(O)CN(C=O)c1c(C)c(C(O)NCC(O)CO)c(I)c(C(=O)NCC(O)CO)c1I. The molecule has 0 aliphatic rings. The van der Waals surface area contributed by atoms with E-state index in [1.165, 1.54) is 13.8 Å². The van der Waals surface area contributed by atoms with E-state index in [9.17, 15) is 75.0 Å². The van der Waals surface area contributed by atoms with Crippen molar-refractivity contribution in [3.05, 3.63) is 47.7 Å². The number of nitrogens with zero attached hydrogens (tertiary/aromatic N) is 2. The fourth-order valence-electron chi connectivity index (χ4n) is 5.66. The minimum absolute atomic E-state index is 0.00553. The van der Waals surface area contributed by atoms with Crippen LogP contribution in [0.1, 0.15) is 54.0 Å². The summed E-state index contributed by atoms with van der Waals surface area (Å²) in [4.78, 5) is 68.3. The van der Waals surface area contributed by atoms with Crippen molar-refractivity contribution in [2.24, 2.45) is 0 Å². The Morgan fingerprint density at radius 2 is 0.883 bits per heavy atom. The van der Waals surface area contributed by atoms with Crippen molar-refractivity contribution in [3.8, 4) is 0 Å². The Kier molecular flexibility index (Phi) is 23.7. The second-order valence-corrected chi connectivity index (χ2v) is 17.5. The third-order valence-corrected chi connectivity index (χ3v) is 13.0. The van der Waals surface area contributed by atoms with Gasteiger partial charge in [0.25, 0.3) is 17.7 Å². The number of aliphatic hydroxyl groups excluding tert-OH is 10. The molecule has 0 heterocycles. The summed E-state index contributed by atoms with van der Waals surface area (Å²) in [5.41, 5.74) is 0.240. The van der Waals surface area contributed by atoms with Crippen LogP contribution in [0.15, 0.2) is 0 Å². The standard InChI is InChI=1S/C35H48I4N6O15/c1-15-22(32(57)40-3-17(52)9-46)26(36)24(34(59)42-5-19(54)11-48)28(38)30(15)44(13-50)7-21(56)8-45(14-51)31-16(2)23(33(58)41-4-18(53)10-47)27(37)25(29(31)39)35(60)43-6-20(55)12-49/h13-14,17-21,32,40,46-49,52-57H,3-12H2,1-2H3,(H,41,58)(H,42,59)(H,43,60). The lowest BCUT2D eigenvalue weighted by Gasteiger charge is -2.31. The number of hydrogen-bond donors (Lipinski definition) is 14. The van der Waals surface area contributed by atoms with E-state index in [-0.39, 0.29) is 85.2 Å². The van der Waals surface area contributed by atoms with Crippen LogP contribution in [-0.2, 0) is 9.59 Å². The molecule has 0 saturated heterocycles. The molecule has 6 atom stereocenters. The zero-order chi connectivity index (χ0) is 45.6. The van der Waals surface area contributed by atoms with Gasteiger partial charge in [0.1, 0.15) is 6.23 Å².